The van der Waals surface area contributed by atoms with Crippen molar-refractivity contribution in [3.8, 4) is 6.07 Å². The molecule has 0 radical (unpaired) electrons. The van der Waals surface area contributed by atoms with Crippen molar-refractivity contribution in [2.45, 2.75) is 39.0 Å². The van der Waals surface area contributed by atoms with Gasteiger partial charge in [0.1, 0.15) is 0 Å². The Balaban J connectivity index is 3.27. The third kappa shape index (κ3) is 10.7. The predicted molar refractivity (Wildman–Crippen MR) is 61.8 cm³/mol. The van der Waals surface area contributed by atoms with E-state index in [0.717, 1.165) is 12.8 Å². The first-order valence-corrected chi connectivity index (χ1v) is 5.25. The number of nitriles is 1. The van der Waals surface area contributed by atoms with E-state index in [1.54, 1.807) is 0 Å². The minimum absolute atomic E-state index is 0.504. The van der Waals surface area contributed by atoms with Gasteiger partial charge in [0, 0.05) is 0 Å². The fourth-order valence-corrected chi connectivity index (χ4v) is 1.01. The smallest absolute Gasteiger partial charge is 0.0663 e. The summed E-state index contributed by atoms with van der Waals surface area (Å²) in [4.78, 5) is 0. The van der Waals surface area contributed by atoms with Gasteiger partial charge in [0.2, 0.25) is 0 Å². The van der Waals surface area contributed by atoms with Crippen molar-refractivity contribution in [3.63, 3.8) is 0 Å². The SMILES string of the molecule is CC/C=C/CCC/C=C/C=C/CC#N. The average Bonchev–Trinajstić information content (AvgIpc) is 2.21. The molecule has 0 fully saturated rings. The van der Waals surface area contributed by atoms with Crippen LogP contribution in [0.2, 0.25) is 0 Å². The Labute approximate surface area is 87.4 Å². The highest BCUT2D eigenvalue weighted by Gasteiger charge is 1.78. The number of nitrogens with zero attached hydrogens (tertiary/aromatic N) is 1. The van der Waals surface area contributed by atoms with Crippen molar-refractivity contribution in [1.82, 2.24) is 0 Å². The molecule has 0 rings (SSSR count). The van der Waals surface area contributed by atoms with Gasteiger partial charge in [-0.1, -0.05) is 43.4 Å². The van der Waals surface area contributed by atoms with Crippen LogP contribution in [-0.4, -0.2) is 0 Å². The molecule has 0 amide bonds. The molecular formula is C13H19N. The van der Waals surface area contributed by atoms with Crippen LogP contribution >= 0.6 is 0 Å². The molecule has 0 saturated carbocycles. The molecule has 1 heteroatoms. The van der Waals surface area contributed by atoms with E-state index in [9.17, 15) is 0 Å². The summed E-state index contributed by atoms with van der Waals surface area (Å²) in [5.74, 6) is 0. The van der Waals surface area contributed by atoms with Crippen molar-refractivity contribution < 1.29 is 0 Å². The summed E-state index contributed by atoms with van der Waals surface area (Å²) < 4.78 is 0. The Bertz CT molecular complexity index is 228. The molecule has 0 heterocycles. The topological polar surface area (TPSA) is 23.8 Å². The van der Waals surface area contributed by atoms with Gasteiger partial charge in [-0.3, -0.25) is 0 Å². The monoisotopic (exact) mass is 189 g/mol. The second-order valence-corrected chi connectivity index (χ2v) is 3.03. The van der Waals surface area contributed by atoms with Gasteiger partial charge in [-0.2, -0.15) is 5.26 Å². The van der Waals surface area contributed by atoms with E-state index in [4.69, 9.17) is 5.26 Å². The van der Waals surface area contributed by atoms with Gasteiger partial charge in [0.15, 0.2) is 0 Å². The molecule has 0 N–H and O–H groups in total. The summed E-state index contributed by atoms with van der Waals surface area (Å²) in [5.41, 5.74) is 0. The van der Waals surface area contributed by atoms with E-state index < -0.39 is 0 Å². The highest BCUT2D eigenvalue weighted by molar-refractivity contribution is 5.04. The second kappa shape index (κ2) is 11.7. The zero-order valence-electron chi connectivity index (χ0n) is 8.95. The van der Waals surface area contributed by atoms with Crippen molar-refractivity contribution >= 4 is 0 Å². The zero-order chi connectivity index (χ0) is 10.5. The lowest BCUT2D eigenvalue weighted by Gasteiger charge is -1.88. The van der Waals surface area contributed by atoms with Crippen LogP contribution in [0.4, 0.5) is 0 Å². The zero-order valence-corrected chi connectivity index (χ0v) is 8.95. The Morgan fingerprint density at radius 2 is 1.71 bits per heavy atom. The third-order valence-electron chi connectivity index (χ3n) is 1.74. The Kier molecular flexibility index (Phi) is 10.6. The lowest BCUT2D eigenvalue weighted by Crippen LogP contribution is -1.68. The maximum absolute atomic E-state index is 8.26. The van der Waals surface area contributed by atoms with Crippen LogP contribution < -0.4 is 0 Å². The van der Waals surface area contributed by atoms with Gasteiger partial charge >= 0.3 is 0 Å². The van der Waals surface area contributed by atoms with Gasteiger partial charge in [-0.15, -0.1) is 0 Å². The van der Waals surface area contributed by atoms with Gasteiger partial charge in [0.25, 0.3) is 0 Å². The van der Waals surface area contributed by atoms with Crippen LogP contribution in [0.3, 0.4) is 0 Å². The normalized spacial score (nSPS) is 11.7. The summed E-state index contributed by atoms with van der Waals surface area (Å²) in [6, 6.07) is 2.06. The molecule has 76 valence electrons. The maximum Gasteiger partial charge on any atom is 0.0663 e. The minimum atomic E-state index is 0.504. The summed E-state index contributed by atoms with van der Waals surface area (Å²) in [7, 11) is 0. The first kappa shape index (κ1) is 12.7. The van der Waals surface area contributed by atoms with Crippen molar-refractivity contribution in [1.29, 1.82) is 5.26 Å². The van der Waals surface area contributed by atoms with Crippen molar-refractivity contribution in [2.24, 2.45) is 0 Å². The molecule has 0 bridgehead atoms. The highest BCUT2D eigenvalue weighted by atomic mass is 14.2. The van der Waals surface area contributed by atoms with E-state index in [1.807, 2.05) is 18.2 Å². The van der Waals surface area contributed by atoms with Crippen LogP contribution in [-0.2, 0) is 0 Å². The van der Waals surface area contributed by atoms with Gasteiger partial charge < -0.3 is 0 Å². The molecule has 14 heavy (non-hydrogen) atoms. The number of unbranched alkanes of at least 4 members (excludes halogenated alkanes) is 2. The lowest BCUT2D eigenvalue weighted by atomic mass is 10.2. The number of hydrogen-bond donors (Lipinski definition) is 0. The van der Waals surface area contributed by atoms with Crippen LogP contribution in [0.1, 0.15) is 39.0 Å². The van der Waals surface area contributed by atoms with Gasteiger partial charge in [-0.25, -0.2) is 0 Å². The van der Waals surface area contributed by atoms with Gasteiger partial charge in [0.05, 0.1) is 12.5 Å². The van der Waals surface area contributed by atoms with Crippen LogP contribution in [0.5, 0.6) is 0 Å². The lowest BCUT2D eigenvalue weighted by molar-refractivity contribution is 0.865. The van der Waals surface area contributed by atoms with E-state index >= 15 is 0 Å². The second-order valence-electron chi connectivity index (χ2n) is 3.03. The van der Waals surface area contributed by atoms with Crippen LogP contribution in [0, 0.1) is 11.3 Å². The Morgan fingerprint density at radius 1 is 1.00 bits per heavy atom. The summed E-state index contributed by atoms with van der Waals surface area (Å²) in [6.45, 7) is 2.15. The molecule has 0 spiro atoms. The largest absolute Gasteiger partial charge is 0.198 e. The number of hydrogen-bond acceptors (Lipinski definition) is 1. The number of allylic oxidation sites excluding steroid dienone is 6. The molecule has 0 aromatic carbocycles. The quantitative estimate of drug-likeness (QED) is 0.335. The maximum atomic E-state index is 8.26. The van der Waals surface area contributed by atoms with Crippen LogP contribution in [0.25, 0.3) is 0 Å². The molecule has 0 saturated heterocycles. The fraction of sp³-hybridized carbons (Fsp3) is 0.462. The third-order valence-corrected chi connectivity index (χ3v) is 1.74. The van der Waals surface area contributed by atoms with Crippen molar-refractivity contribution in [2.75, 3.05) is 0 Å². The molecule has 1 nitrogen and oxygen atoms in total. The minimum Gasteiger partial charge on any atom is -0.198 e. The van der Waals surface area contributed by atoms with Gasteiger partial charge in [-0.05, 0) is 25.7 Å². The average molecular weight is 189 g/mol. The Morgan fingerprint density at radius 3 is 2.43 bits per heavy atom. The van der Waals surface area contributed by atoms with Crippen molar-refractivity contribution in [3.05, 3.63) is 36.5 Å². The van der Waals surface area contributed by atoms with E-state index in [1.165, 1.54) is 12.8 Å². The van der Waals surface area contributed by atoms with E-state index in [-0.39, 0.29) is 0 Å². The highest BCUT2D eigenvalue weighted by Crippen LogP contribution is 1.98. The molecule has 0 unspecified atom stereocenters. The molecule has 0 aliphatic rings. The van der Waals surface area contributed by atoms with Crippen LogP contribution in [0.15, 0.2) is 36.5 Å². The van der Waals surface area contributed by atoms with E-state index in [0.29, 0.717) is 6.42 Å². The molecule has 0 aliphatic heterocycles. The molecule has 0 aromatic rings. The first-order valence-electron chi connectivity index (χ1n) is 5.25. The van der Waals surface area contributed by atoms with E-state index in [2.05, 4.69) is 31.2 Å². The predicted octanol–water partition coefficient (Wildman–Crippen LogP) is 4.15. The first-order chi connectivity index (χ1) is 6.91. The molecule has 0 atom stereocenters. The summed E-state index contributed by atoms with van der Waals surface area (Å²) in [5, 5.41) is 8.26. The summed E-state index contributed by atoms with van der Waals surface area (Å²) in [6.07, 6.45) is 17.5. The fourth-order valence-electron chi connectivity index (χ4n) is 1.01. The standard InChI is InChI=1S/C13H19N/c1-2-3-4-5-6-7-8-9-10-11-12-13-14/h3-4,8-11H,2,5-7,12H2,1H3/b4-3+,9-8+,11-10+. The molecular weight excluding hydrogens is 170 g/mol. The molecule has 0 aromatic heterocycles. The summed E-state index contributed by atoms with van der Waals surface area (Å²) >= 11 is 0. The Hall–Kier alpha value is -1.29. The molecule has 0 aliphatic carbocycles. The number of rotatable bonds is 7.